The highest BCUT2D eigenvalue weighted by Crippen LogP contribution is 2.15. The second-order valence-corrected chi connectivity index (χ2v) is 5.26. The molecule has 0 atom stereocenters. The number of benzene rings is 1. The average Bonchev–Trinajstić information content (AvgIpc) is 3.02. The smallest absolute Gasteiger partial charge is 0.357 e. The van der Waals surface area contributed by atoms with E-state index in [9.17, 15) is 4.79 Å². The number of aromatic nitrogens is 2. The van der Waals surface area contributed by atoms with Crippen LogP contribution in [0.1, 0.15) is 6.92 Å². The minimum atomic E-state index is -1.18. The molecular formula is C16H16ClN3O4. The molecule has 0 amide bonds. The molecule has 8 heteroatoms. The first kappa shape index (κ1) is 17.6. The van der Waals surface area contributed by atoms with Gasteiger partial charge in [0.1, 0.15) is 13.7 Å². The third-order valence-corrected chi connectivity index (χ3v) is 3.15. The third kappa shape index (κ3) is 4.85. The topological polar surface area (TPSA) is 85.9 Å². The standard InChI is InChI=1S/C16H16ClN3O4/c1-11(9-14(16(21)22)19-23-2)10-24-15-7-8-20(18-15)13-5-3-12(17)4-6-13/h3-9H,10H2,1-2H3,(H,21,22)/b11-9+,19-14+. The van der Waals surface area contributed by atoms with Crippen molar-refractivity contribution >= 4 is 23.3 Å². The highest BCUT2D eigenvalue weighted by Gasteiger charge is 2.08. The van der Waals surface area contributed by atoms with Gasteiger partial charge >= 0.3 is 5.97 Å². The van der Waals surface area contributed by atoms with Crippen molar-refractivity contribution in [3.8, 4) is 11.6 Å². The highest BCUT2D eigenvalue weighted by molar-refractivity contribution is 6.40. The molecule has 0 saturated carbocycles. The predicted molar refractivity (Wildman–Crippen MR) is 89.9 cm³/mol. The molecule has 1 heterocycles. The molecule has 0 saturated heterocycles. The molecule has 2 aromatic rings. The molecule has 0 radical (unpaired) electrons. The maximum absolute atomic E-state index is 11.0. The van der Waals surface area contributed by atoms with Crippen molar-refractivity contribution in [3.63, 3.8) is 0 Å². The lowest BCUT2D eigenvalue weighted by molar-refractivity contribution is -0.129. The fourth-order valence-corrected chi connectivity index (χ4v) is 1.94. The first-order valence-electron chi connectivity index (χ1n) is 6.95. The van der Waals surface area contributed by atoms with Crippen molar-refractivity contribution in [2.24, 2.45) is 5.16 Å². The maximum Gasteiger partial charge on any atom is 0.357 e. The van der Waals surface area contributed by atoms with E-state index in [0.717, 1.165) is 5.69 Å². The van der Waals surface area contributed by atoms with Crippen molar-refractivity contribution in [1.82, 2.24) is 9.78 Å². The molecule has 0 fully saturated rings. The molecule has 126 valence electrons. The Morgan fingerprint density at radius 2 is 2.08 bits per heavy atom. The molecule has 2 rings (SSSR count). The average molecular weight is 350 g/mol. The quantitative estimate of drug-likeness (QED) is 0.613. The highest BCUT2D eigenvalue weighted by atomic mass is 35.5. The van der Waals surface area contributed by atoms with Gasteiger partial charge in [-0.05, 0) is 42.8 Å². The van der Waals surface area contributed by atoms with Gasteiger partial charge in [-0.1, -0.05) is 16.8 Å². The van der Waals surface area contributed by atoms with Gasteiger partial charge < -0.3 is 14.7 Å². The van der Waals surface area contributed by atoms with Gasteiger partial charge in [0, 0.05) is 17.3 Å². The van der Waals surface area contributed by atoms with E-state index in [1.807, 2.05) is 12.1 Å². The van der Waals surface area contributed by atoms with Gasteiger partial charge in [-0.3, -0.25) is 0 Å². The van der Waals surface area contributed by atoms with Crippen molar-refractivity contribution in [1.29, 1.82) is 0 Å². The number of carboxylic acid groups (broad SMARTS) is 1. The van der Waals surface area contributed by atoms with Crippen LogP contribution in [0, 0.1) is 0 Å². The molecule has 1 N–H and O–H groups in total. The summed E-state index contributed by atoms with van der Waals surface area (Å²) >= 11 is 5.85. The Bertz CT molecular complexity index is 766. The molecule has 0 aliphatic rings. The third-order valence-electron chi connectivity index (χ3n) is 2.90. The van der Waals surface area contributed by atoms with Gasteiger partial charge in [-0.2, -0.15) is 0 Å². The lowest BCUT2D eigenvalue weighted by Gasteiger charge is -2.04. The van der Waals surface area contributed by atoms with Crippen LogP contribution in [0.3, 0.4) is 0 Å². The summed E-state index contributed by atoms with van der Waals surface area (Å²) < 4.78 is 7.19. The Labute approximate surface area is 143 Å². The predicted octanol–water partition coefficient (Wildman–Crippen LogP) is 2.94. The van der Waals surface area contributed by atoms with Gasteiger partial charge in [0.15, 0.2) is 5.71 Å². The van der Waals surface area contributed by atoms with Gasteiger partial charge in [0.2, 0.25) is 5.88 Å². The number of rotatable bonds is 7. The van der Waals surface area contributed by atoms with Crippen molar-refractivity contribution in [2.75, 3.05) is 13.7 Å². The SMILES string of the molecule is CO/N=C(\C=C(/C)COc1ccn(-c2ccc(Cl)cc2)n1)C(=O)O. The van der Waals surface area contributed by atoms with E-state index in [2.05, 4.69) is 15.1 Å². The van der Waals surface area contributed by atoms with Crippen LogP contribution in [0.5, 0.6) is 5.88 Å². The Kier molecular flexibility index (Phi) is 5.97. The zero-order valence-corrected chi connectivity index (χ0v) is 13.9. The molecule has 0 unspecified atom stereocenters. The van der Waals surface area contributed by atoms with Gasteiger partial charge in [0.25, 0.3) is 0 Å². The van der Waals surface area contributed by atoms with E-state index in [-0.39, 0.29) is 12.3 Å². The zero-order chi connectivity index (χ0) is 17.5. The minimum Gasteiger partial charge on any atom is -0.476 e. The Balaban J connectivity index is 2.01. The lowest BCUT2D eigenvalue weighted by Crippen LogP contribution is -2.12. The summed E-state index contributed by atoms with van der Waals surface area (Å²) in [6, 6.07) is 8.93. The van der Waals surface area contributed by atoms with Gasteiger partial charge in [-0.25, -0.2) is 9.48 Å². The number of nitrogens with zero attached hydrogens (tertiary/aromatic N) is 3. The van der Waals surface area contributed by atoms with Crippen LogP contribution in [-0.2, 0) is 9.63 Å². The number of carboxylic acids is 1. The molecule has 0 bridgehead atoms. The Morgan fingerprint density at radius 3 is 2.71 bits per heavy atom. The van der Waals surface area contributed by atoms with Crippen LogP contribution in [-0.4, -0.2) is 40.3 Å². The lowest BCUT2D eigenvalue weighted by atomic mass is 10.2. The Morgan fingerprint density at radius 1 is 1.38 bits per heavy atom. The fraction of sp³-hybridized carbons (Fsp3) is 0.188. The monoisotopic (exact) mass is 349 g/mol. The summed E-state index contributed by atoms with van der Waals surface area (Å²) in [5, 5.41) is 17.3. The molecule has 1 aromatic carbocycles. The van der Waals surface area contributed by atoms with Crippen LogP contribution >= 0.6 is 11.6 Å². The second kappa shape index (κ2) is 8.16. The number of ether oxygens (including phenoxy) is 1. The van der Waals surface area contributed by atoms with E-state index in [1.54, 1.807) is 36.0 Å². The summed E-state index contributed by atoms with van der Waals surface area (Å²) in [5.41, 5.74) is 1.31. The summed E-state index contributed by atoms with van der Waals surface area (Å²) in [4.78, 5) is 15.4. The van der Waals surface area contributed by atoms with Crippen LogP contribution in [0.2, 0.25) is 5.02 Å². The molecule has 0 spiro atoms. The number of oxime groups is 1. The number of hydrogen-bond acceptors (Lipinski definition) is 5. The van der Waals surface area contributed by atoms with E-state index >= 15 is 0 Å². The van der Waals surface area contributed by atoms with E-state index in [0.29, 0.717) is 16.5 Å². The number of aliphatic carboxylic acids is 1. The first-order chi connectivity index (χ1) is 11.5. The zero-order valence-electron chi connectivity index (χ0n) is 13.1. The van der Waals surface area contributed by atoms with E-state index in [4.69, 9.17) is 21.4 Å². The maximum atomic E-state index is 11.0. The van der Waals surface area contributed by atoms with Crippen LogP contribution in [0.4, 0.5) is 0 Å². The van der Waals surface area contributed by atoms with Crippen molar-refractivity contribution in [3.05, 3.63) is 53.2 Å². The number of halogens is 1. The van der Waals surface area contributed by atoms with Crippen molar-refractivity contribution < 1.29 is 19.5 Å². The van der Waals surface area contributed by atoms with Crippen LogP contribution in [0.25, 0.3) is 5.69 Å². The van der Waals surface area contributed by atoms with E-state index < -0.39 is 5.97 Å². The number of carbonyl (C=O) groups is 1. The summed E-state index contributed by atoms with van der Waals surface area (Å²) in [6.07, 6.45) is 3.13. The second-order valence-electron chi connectivity index (χ2n) is 4.82. The minimum absolute atomic E-state index is 0.174. The Hall–Kier alpha value is -2.80. The molecular weight excluding hydrogens is 334 g/mol. The normalized spacial score (nSPS) is 12.1. The summed E-state index contributed by atoms with van der Waals surface area (Å²) in [5.74, 6) is -0.763. The summed E-state index contributed by atoms with van der Waals surface area (Å²) in [6.45, 7) is 1.90. The van der Waals surface area contributed by atoms with Crippen LogP contribution in [0.15, 0.2) is 53.3 Å². The largest absolute Gasteiger partial charge is 0.476 e. The van der Waals surface area contributed by atoms with Gasteiger partial charge in [-0.15, -0.1) is 5.10 Å². The molecule has 0 aliphatic heterocycles. The molecule has 0 aliphatic carbocycles. The van der Waals surface area contributed by atoms with E-state index in [1.165, 1.54) is 13.2 Å². The number of hydrogen-bond donors (Lipinski definition) is 1. The molecule has 1 aromatic heterocycles. The molecule has 24 heavy (non-hydrogen) atoms. The first-order valence-corrected chi connectivity index (χ1v) is 7.33. The summed E-state index contributed by atoms with van der Waals surface area (Å²) in [7, 11) is 1.28. The molecule has 7 nitrogen and oxygen atoms in total. The fourth-order valence-electron chi connectivity index (χ4n) is 1.81. The van der Waals surface area contributed by atoms with Gasteiger partial charge in [0.05, 0.1) is 5.69 Å². The van der Waals surface area contributed by atoms with Crippen LogP contribution < -0.4 is 4.74 Å². The van der Waals surface area contributed by atoms with Crippen molar-refractivity contribution in [2.45, 2.75) is 6.92 Å².